The first kappa shape index (κ1) is 20.6. The summed E-state index contributed by atoms with van der Waals surface area (Å²) in [7, 11) is 1.55. The summed E-state index contributed by atoms with van der Waals surface area (Å²) in [5.41, 5.74) is 2.35. The first-order valence-electron chi connectivity index (χ1n) is 9.17. The molecule has 7 heteroatoms. The maximum absolute atomic E-state index is 12.2. The second-order valence-corrected chi connectivity index (χ2v) is 7.00. The molecule has 0 aliphatic carbocycles. The van der Waals surface area contributed by atoms with E-state index in [1.54, 1.807) is 7.05 Å². The molecule has 0 radical (unpaired) electrons. The lowest BCUT2D eigenvalue weighted by Gasteiger charge is -2.30. The van der Waals surface area contributed by atoms with Crippen molar-refractivity contribution < 1.29 is 13.2 Å². The number of nitrogens with zero attached hydrogens (tertiary/aromatic N) is 2. The van der Waals surface area contributed by atoms with Crippen molar-refractivity contribution in [1.82, 2.24) is 15.5 Å². The monoisotopic (exact) mass is 370 g/mol. The summed E-state index contributed by atoms with van der Waals surface area (Å²) in [5, 5.41) is 5.76. The summed E-state index contributed by atoms with van der Waals surface area (Å²) in [6.45, 7) is 5.87. The number of hydrogen-bond acceptors (Lipinski definition) is 2. The largest absolute Gasteiger partial charge is 0.390 e. The number of piperidine rings is 1. The van der Waals surface area contributed by atoms with Crippen molar-refractivity contribution in [2.24, 2.45) is 10.9 Å². The Morgan fingerprint density at radius 2 is 1.88 bits per heavy atom. The van der Waals surface area contributed by atoms with Crippen LogP contribution in [0.15, 0.2) is 29.3 Å². The highest BCUT2D eigenvalue weighted by Crippen LogP contribution is 2.19. The van der Waals surface area contributed by atoms with Crippen LogP contribution in [-0.4, -0.2) is 43.7 Å². The molecule has 1 heterocycles. The van der Waals surface area contributed by atoms with Crippen LogP contribution in [0.5, 0.6) is 0 Å². The Morgan fingerprint density at radius 3 is 2.54 bits per heavy atom. The van der Waals surface area contributed by atoms with Gasteiger partial charge in [-0.1, -0.05) is 31.2 Å². The van der Waals surface area contributed by atoms with Crippen LogP contribution in [0.2, 0.25) is 0 Å². The van der Waals surface area contributed by atoms with Gasteiger partial charge in [0.15, 0.2) is 5.96 Å². The average Bonchev–Trinajstić information content (AvgIpc) is 2.59. The minimum absolute atomic E-state index is 0.184. The third-order valence-electron chi connectivity index (χ3n) is 4.66. The van der Waals surface area contributed by atoms with Crippen LogP contribution < -0.4 is 10.6 Å². The van der Waals surface area contributed by atoms with Gasteiger partial charge in [-0.05, 0) is 43.0 Å². The Hall–Kier alpha value is -1.76. The van der Waals surface area contributed by atoms with Gasteiger partial charge < -0.3 is 10.6 Å². The Kier molecular flexibility index (Phi) is 7.75. The molecule has 1 aromatic rings. The Morgan fingerprint density at radius 1 is 1.19 bits per heavy atom. The van der Waals surface area contributed by atoms with E-state index in [0.29, 0.717) is 12.5 Å². The standard InChI is InChI=1S/C19H29F3N4/c1-15-6-10-26(11-7-15)14-17-5-3-4-16(12-17)13-25-18(23-2)24-9-8-19(20,21)22/h3-5,12,15H,6-11,13-14H2,1-2H3,(H2,23,24,25). The van der Waals surface area contributed by atoms with Crippen LogP contribution in [0.1, 0.15) is 37.3 Å². The van der Waals surface area contributed by atoms with Crippen molar-refractivity contribution in [3.05, 3.63) is 35.4 Å². The minimum Gasteiger partial charge on any atom is -0.356 e. The van der Waals surface area contributed by atoms with Gasteiger partial charge in [-0.15, -0.1) is 0 Å². The fourth-order valence-electron chi connectivity index (χ4n) is 3.05. The number of rotatable bonds is 6. The van der Waals surface area contributed by atoms with E-state index < -0.39 is 12.6 Å². The predicted octanol–water partition coefficient (Wildman–Crippen LogP) is 3.54. The van der Waals surface area contributed by atoms with Gasteiger partial charge in [-0.2, -0.15) is 13.2 Å². The average molecular weight is 370 g/mol. The second kappa shape index (κ2) is 9.80. The quantitative estimate of drug-likeness (QED) is 0.594. The highest BCUT2D eigenvalue weighted by Gasteiger charge is 2.26. The number of guanidine groups is 1. The van der Waals surface area contributed by atoms with E-state index in [1.807, 2.05) is 12.1 Å². The summed E-state index contributed by atoms with van der Waals surface area (Å²) in [5.74, 6) is 1.20. The normalized spacial score (nSPS) is 17.3. The smallest absolute Gasteiger partial charge is 0.356 e. The molecule has 2 N–H and O–H groups in total. The second-order valence-electron chi connectivity index (χ2n) is 7.00. The third kappa shape index (κ3) is 7.64. The van der Waals surface area contributed by atoms with E-state index in [-0.39, 0.29) is 6.54 Å². The number of nitrogens with one attached hydrogen (secondary N) is 2. The molecule has 1 fully saturated rings. The van der Waals surface area contributed by atoms with E-state index >= 15 is 0 Å². The van der Waals surface area contributed by atoms with Crippen molar-refractivity contribution in [3.63, 3.8) is 0 Å². The third-order valence-corrected chi connectivity index (χ3v) is 4.66. The zero-order chi connectivity index (χ0) is 19.0. The van der Waals surface area contributed by atoms with Gasteiger partial charge in [0.05, 0.1) is 6.42 Å². The maximum Gasteiger partial charge on any atom is 0.390 e. The lowest BCUT2D eigenvalue weighted by Crippen LogP contribution is -2.38. The highest BCUT2D eigenvalue weighted by atomic mass is 19.4. The van der Waals surface area contributed by atoms with Crippen LogP contribution in [0, 0.1) is 5.92 Å². The topological polar surface area (TPSA) is 39.7 Å². The molecule has 0 atom stereocenters. The van der Waals surface area contributed by atoms with Crippen molar-refractivity contribution in [1.29, 1.82) is 0 Å². The fraction of sp³-hybridized carbons (Fsp3) is 0.632. The molecule has 1 aliphatic heterocycles. The molecular formula is C19H29F3N4. The van der Waals surface area contributed by atoms with E-state index in [9.17, 15) is 13.2 Å². The zero-order valence-corrected chi connectivity index (χ0v) is 15.6. The Labute approximate surface area is 153 Å². The summed E-state index contributed by atoms with van der Waals surface area (Å²) >= 11 is 0. The van der Waals surface area contributed by atoms with Crippen molar-refractivity contribution >= 4 is 5.96 Å². The summed E-state index contributed by atoms with van der Waals surface area (Å²) in [6, 6.07) is 8.31. The lowest BCUT2D eigenvalue weighted by molar-refractivity contribution is -0.132. The molecule has 0 bridgehead atoms. The maximum atomic E-state index is 12.2. The lowest BCUT2D eigenvalue weighted by atomic mass is 9.98. The van der Waals surface area contributed by atoms with Gasteiger partial charge in [-0.25, -0.2) is 0 Å². The number of hydrogen-bond donors (Lipinski definition) is 2. The fourth-order valence-corrected chi connectivity index (χ4v) is 3.05. The molecule has 0 aromatic heterocycles. The molecule has 1 aliphatic rings. The van der Waals surface area contributed by atoms with Crippen LogP contribution in [0.3, 0.4) is 0 Å². The summed E-state index contributed by atoms with van der Waals surface area (Å²) in [6.07, 6.45) is -2.54. The van der Waals surface area contributed by atoms with Crippen LogP contribution in [0.4, 0.5) is 13.2 Å². The van der Waals surface area contributed by atoms with E-state index in [0.717, 1.165) is 31.1 Å². The van der Waals surface area contributed by atoms with Crippen LogP contribution >= 0.6 is 0 Å². The molecule has 1 saturated heterocycles. The first-order valence-corrected chi connectivity index (χ1v) is 9.17. The molecule has 0 spiro atoms. The van der Waals surface area contributed by atoms with E-state index in [2.05, 4.69) is 39.6 Å². The zero-order valence-electron chi connectivity index (χ0n) is 15.6. The van der Waals surface area contributed by atoms with Gasteiger partial charge in [0.25, 0.3) is 0 Å². The van der Waals surface area contributed by atoms with Crippen LogP contribution in [-0.2, 0) is 13.1 Å². The number of benzene rings is 1. The SMILES string of the molecule is CN=C(NCCC(F)(F)F)NCc1cccc(CN2CCC(C)CC2)c1. The molecule has 2 rings (SSSR count). The summed E-state index contributed by atoms with van der Waals surface area (Å²) in [4.78, 5) is 6.44. The van der Waals surface area contributed by atoms with Crippen molar-refractivity contribution in [3.8, 4) is 0 Å². The molecule has 26 heavy (non-hydrogen) atoms. The Bertz CT molecular complexity index is 578. The molecule has 0 saturated carbocycles. The van der Waals surface area contributed by atoms with Gasteiger partial charge in [-0.3, -0.25) is 9.89 Å². The van der Waals surface area contributed by atoms with Crippen molar-refractivity contribution in [2.45, 2.75) is 45.5 Å². The van der Waals surface area contributed by atoms with Gasteiger partial charge in [0.2, 0.25) is 0 Å². The highest BCUT2D eigenvalue weighted by molar-refractivity contribution is 5.79. The number of likely N-dealkylation sites (tertiary alicyclic amines) is 1. The number of aliphatic imine (C=N–C) groups is 1. The molecule has 0 amide bonds. The number of alkyl halides is 3. The number of halogens is 3. The molecular weight excluding hydrogens is 341 g/mol. The van der Waals surface area contributed by atoms with E-state index in [4.69, 9.17) is 0 Å². The molecule has 4 nitrogen and oxygen atoms in total. The minimum atomic E-state index is -4.16. The van der Waals surface area contributed by atoms with Gasteiger partial charge in [0, 0.05) is 26.7 Å². The Balaban J connectivity index is 1.80. The first-order chi connectivity index (χ1) is 12.4. The van der Waals surface area contributed by atoms with Crippen molar-refractivity contribution in [2.75, 3.05) is 26.7 Å². The molecule has 146 valence electrons. The summed E-state index contributed by atoms with van der Waals surface area (Å²) < 4.78 is 36.6. The van der Waals surface area contributed by atoms with E-state index in [1.165, 1.54) is 18.4 Å². The molecule has 1 aromatic carbocycles. The van der Waals surface area contributed by atoms with Crippen LogP contribution in [0.25, 0.3) is 0 Å². The predicted molar refractivity (Wildman–Crippen MR) is 99.0 cm³/mol. The molecule has 0 unspecified atom stereocenters. The van der Waals surface area contributed by atoms with Gasteiger partial charge in [0.1, 0.15) is 0 Å². The van der Waals surface area contributed by atoms with Gasteiger partial charge >= 0.3 is 6.18 Å².